The summed E-state index contributed by atoms with van der Waals surface area (Å²) in [6.45, 7) is 10.5. The van der Waals surface area contributed by atoms with Crippen molar-refractivity contribution in [2.75, 3.05) is 13.2 Å². The SMILES string of the molecule is CC(=C[C@H]1COC(C)(C)N1C(=O)OC(C)(C)C)CN(C(=N)N)[N+](=O)[O-]. The van der Waals surface area contributed by atoms with Crippen LogP contribution in [0.5, 0.6) is 0 Å². The lowest BCUT2D eigenvalue weighted by Gasteiger charge is -2.34. The number of hydrazine groups is 1. The molecule has 1 saturated heterocycles. The zero-order valence-electron chi connectivity index (χ0n) is 15.5. The Hall–Kier alpha value is -2.36. The van der Waals surface area contributed by atoms with E-state index in [0.29, 0.717) is 10.6 Å². The summed E-state index contributed by atoms with van der Waals surface area (Å²) in [5.41, 5.74) is 4.26. The number of nitrogens with zero attached hydrogens (tertiary/aromatic N) is 3. The molecule has 1 rings (SSSR count). The number of nitrogens with two attached hydrogens (primary N) is 1. The number of amides is 1. The third-order valence-corrected chi connectivity index (χ3v) is 3.46. The first-order valence-electron chi connectivity index (χ1n) is 7.84. The molecule has 0 aliphatic carbocycles. The molecule has 0 bridgehead atoms. The molecule has 0 aromatic rings. The van der Waals surface area contributed by atoms with Gasteiger partial charge in [0.15, 0.2) is 5.03 Å². The molecule has 0 spiro atoms. The minimum Gasteiger partial charge on any atom is -0.444 e. The molecule has 3 N–H and O–H groups in total. The highest BCUT2D eigenvalue weighted by Crippen LogP contribution is 2.30. The highest BCUT2D eigenvalue weighted by molar-refractivity contribution is 5.73. The van der Waals surface area contributed by atoms with Crippen LogP contribution in [0.3, 0.4) is 0 Å². The predicted molar refractivity (Wildman–Crippen MR) is 91.3 cm³/mol. The molecule has 1 aliphatic heterocycles. The van der Waals surface area contributed by atoms with Gasteiger partial charge < -0.3 is 15.2 Å². The van der Waals surface area contributed by atoms with Gasteiger partial charge in [-0.3, -0.25) is 10.3 Å². The minimum absolute atomic E-state index is 0.165. The summed E-state index contributed by atoms with van der Waals surface area (Å²) in [6, 6.07) is -0.439. The largest absolute Gasteiger partial charge is 0.444 e. The van der Waals surface area contributed by atoms with E-state index in [1.165, 1.54) is 4.90 Å². The number of hydrogen-bond acceptors (Lipinski definition) is 6. The van der Waals surface area contributed by atoms with E-state index in [1.54, 1.807) is 47.6 Å². The highest BCUT2D eigenvalue weighted by atomic mass is 16.7. The van der Waals surface area contributed by atoms with E-state index in [4.69, 9.17) is 20.6 Å². The van der Waals surface area contributed by atoms with Crippen molar-refractivity contribution >= 4 is 12.1 Å². The average Bonchev–Trinajstić information content (AvgIpc) is 2.68. The molecule has 1 atom stereocenters. The van der Waals surface area contributed by atoms with Gasteiger partial charge in [0.25, 0.3) is 5.96 Å². The molecule has 1 fully saturated rings. The number of carbonyl (C=O) groups excluding carboxylic acids is 1. The van der Waals surface area contributed by atoms with E-state index >= 15 is 0 Å². The molecule has 0 unspecified atom stereocenters. The molecule has 0 aromatic carbocycles. The summed E-state index contributed by atoms with van der Waals surface area (Å²) < 4.78 is 11.1. The molecule has 1 aliphatic rings. The minimum atomic E-state index is -0.868. The second-order valence-corrected chi connectivity index (χ2v) is 7.37. The predicted octanol–water partition coefficient (Wildman–Crippen LogP) is 1.69. The van der Waals surface area contributed by atoms with Gasteiger partial charge >= 0.3 is 6.09 Å². The van der Waals surface area contributed by atoms with Crippen LogP contribution in [0.15, 0.2) is 11.6 Å². The lowest BCUT2D eigenvalue weighted by molar-refractivity contribution is -0.628. The summed E-state index contributed by atoms with van der Waals surface area (Å²) in [4.78, 5) is 24.9. The standard InChI is InChI=1S/C15H27N5O5/c1-10(8-18(12(16)17)20(22)23)7-11-9-24-15(5,6)19(11)13(21)25-14(2,3)4/h7,11H,8-9H2,1-6H3,(H3,16,17)/t11-/m0/s1. The van der Waals surface area contributed by atoms with Crippen molar-refractivity contribution in [1.29, 1.82) is 5.41 Å². The first-order valence-corrected chi connectivity index (χ1v) is 7.84. The van der Waals surface area contributed by atoms with Crippen LogP contribution in [-0.2, 0) is 9.47 Å². The van der Waals surface area contributed by atoms with E-state index in [9.17, 15) is 14.9 Å². The Morgan fingerprint density at radius 2 is 2.12 bits per heavy atom. The van der Waals surface area contributed by atoms with E-state index in [1.807, 2.05) is 0 Å². The second-order valence-electron chi connectivity index (χ2n) is 7.37. The van der Waals surface area contributed by atoms with Gasteiger partial charge in [-0.25, -0.2) is 14.9 Å². The van der Waals surface area contributed by atoms with Gasteiger partial charge in [-0.15, -0.1) is 0 Å². The van der Waals surface area contributed by atoms with Crippen molar-refractivity contribution in [1.82, 2.24) is 9.91 Å². The van der Waals surface area contributed by atoms with Crippen LogP contribution in [-0.4, -0.2) is 57.5 Å². The van der Waals surface area contributed by atoms with Gasteiger partial charge in [0.1, 0.15) is 17.9 Å². The Bertz CT molecular complexity index is 567. The van der Waals surface area contributed by atoms with Crippen LogP contribution < -0.4 is 5.73 Å². The van der Waals surface area contributed by atoms with Crippen LogP contribution in [0.25, 0.3) is 0 Å². The van der Waals surface area contributed by atoms with E-state index in [2.05, 4.69) is 0 Å². The van der Waals surface area contributed by atoms with Crippen molar-refractivity contribution in [3.8, 4) is 0 Å². The fourth-order valence-corrected chi connectivity index (χ4v) is 2.47. The van der Waals surface area contributed by atoms with Crippen molar-refractivity contribution < 1.29 is 19.3 Å². The molecule has 142 valence electrons. The summed E-state index contributed by atoms with van der Waals surface area (Å²) in [5, 5.41) is 17.9. The van der Waals surface area contributed by atoms with Gasteiger partial charge in [0.05, 0.1) is 12.6 Å². The molecule has 10 heteroatoms. The Morgan fingerprint density at radius 1 is 1.56 bits per heavy atom. The maximum Gasteiger partial charge on any atom is 0.413 e. The zero-order chi connectivity index (χ0) is 19.6. The fourth-order valence-electron chi connectivity index (χ4n) is 2.47. The molecule has 25 heavy (non-hydrogen) atoms. The quantitative estimate of drug-likeness (QED) is 0.257. The Kier molecular flexibility index (Phi) is 6.00. The smallest absolute Gasteiger partial charge is 0.413 e. The summed E-state index contributed by atoms with van der Waals surface area (Å²) in [5.74, 6) is -0.662. The van der Waals surface area contributed by atoms with E-state index < -0.39 is 34.5 Å². The lowest BCUT2D eigenvalue weighted by Crippen LogP contribution is -2.49. The Labute approximate surface area is 147 Å². The molecular weight excluding hydrogens is 330 g/mol. The molecule has 0 saturated carbocycles. The lowest BCUT2D eigenvalue weighted by atomic mass is 10.1. The molecule has 10 nitrogen and oxygen atoms in total. The topological polar surface area (TPSA) is 135 Å². The number of nitrogens with one attached hydrogen (secondary N) is 1. The monoisotopic (exact) mass is 357 g/mol. The molecule has 1 amide bonds. The molecule has 1 heterocycles. The second kappa shape index (κ2) is 7.26. The Balaban J connectivity index is 2.99. The number of ether oxygens (including phenoxy) is 2. The van der Waals surface area contributed by atoms with Crippen LogP contribution in [0.4, 0.5) is 4.79 Å². The van der Waals surface area contributed by atoms with Crippen molar-refractivity contribution in [2.45, 2.75) is 58.9 Å². The zero-order valence-corrected chi connectivity index (χ0v) is 15.5. The summed E-state index contributed by atoms with van der Waals surface area (Å²) >= 11 is 0. The van der Waals surface area contributed by atoms with Crippen molar-refractivity contribution in [3.63, 3.8) is 0 Å². The van der Waals surface area contributed by atoms with Gasteiger partial charge in [-0.05, 0) is 47.1 Å². The highest BCUT2D eigenvalue weighted by Gasteiger charge is 2.45. The molecular formula is C15H27N5O5. The Morgan fingerprint density at radius 3 is 2.56 bits per heavy atom. The van der Waals surface area contributed by atoms with Gasteiger partial charge in [-0.1, -0.05) is 11.1 Å². The third-order valence-electron chi connectivity index (χ3n) is 3.46. The number of hydrogen-bond donors (Lipinski definition) is 2. The molecule has 0 aromatic heterocycles. The van der Waals surface area contributed by atoms with Crippen LogP contribution >= 0.6 is 0 Å². The van der Waals surface area contributed by atoms with Crippen LogP contribution in [0.1, 0.15) is 41.5 Å². The number of carbonyl (C=O) groups is 1. The van der Waals surface area contributed by atoms with E-state index in [-0.39, 0.29) is 13.2 Å². The molecule has 0 radical (unpaired) electrons. The third kappa shape index (κ3) is 5.59. The van der Waals surface area contributed by atoms with Crippen molar-refractivity contribution in [2.24, 2.45) is 5.73 Å². The number of rotatable bonds is 4. The van der Waals surface area contributed by atoms with Crippen LogP contribution in [0, 0.1) is 15.5 Å². The summed E-state index contributed by atoms with van der Waals surface area (Å²) in [6.07, 6.45) is 1.17. The van der Waals surface area contributed by atoms with Gasteiger partial charge in [0.2, 0.25) is 0 Å². The normalized spacial score (nSPS) is 20.3. The first kappa shape index (κ1) is 20.7. The van der Waals surface area contributed by atoms with Crippen LogP contribution in [0.2, 0.25) is 0 Å². The van der Waals surface area contributed by atoms with Crippen molar-refractivity contribution in [3.05, 3.63) is 21.8 Å². The van der Waals surface area contributed by atoms with Gasteiger partial charge in [0, 0.05) is 0 Å². The number of nitro groups is 1. The average molecular weight is 357 g/mol. The number of guanidine groups is 1. The maximum absolute atomic E-state index is 12.5. The fraction of sp³-hybridized carbons (Fsp3) is 0.733. The first-order chi connectivity index (χ1) is 11.2. The maximum atomic E-state index is 12.5. The van der Waals surface area contributed by atoms with E-state index in [0.717, 1.165) is 0 Å². The van der Waals surface area contributed by atoms with Gasteiger partial charge in [-0.2, -0.15) is 0 Å². The summed E-state index contributed by atoms with van der Waals surface area (Å²) in [7, 11) is 0.